The lowest BCUT2D eigenvalue weighted by Crippen LogP contribution is -2.18. The van der Waals surface area contributed by atoms with E-state index in [1.165, 1.54) is 31.6 Å². The summed E-state index contributed by atoms with van der Waals surface area (Å²) in [6, 6.07) is 13.1. The molecular weight excluding hydrogens is 413 g/mol. The van der Waals surface area contributed by atoms with E-state index in [1.54, 1.807) is 24.3 Å². The molecule has 0 spiro atoms. The van der Waals surface area contributed by atoms with Gasteiger partial charge in [0.2, 0.25) is 5.91 Å². The van der Waals surface area contributed by atoms with Crippen molar-refractivity contribution in [3.8, 4) is 5.75 Å². The first-order valence-corrected chi connectivity index (χ1v) is 9.25. The number of halogens is 3. The third-order valence-corrected chi connectivity index (χ3v) is 4.40. The topological polar surface area (TPSA) is 80.6 Å². The molecule has 2 aromatic carbocycles. The first kappa shape index (κ1) is 21.9. The van der Waals surface area contributed by atoms with E-state index in [1.807, 2.05) is 0 Å². The van der Waals surface area contributed by atoms with Crippen molar-refractivity contribution in [2.24, 2.45) is 0 Å². The lowest BCUT2D eigenvalue weighted by Gasteiger charge is -2.16. The van der Waals surface area contributed by atoms with Gasteiger partial charge in [0.05, 0.1) is 24.6 Å². The second-order valence-electron chi connectivity index (χ2n) is 6.59. The minimum atomic E-state index is -4.73. The molecule has 31 heavy (non-hydrogen) atoms. The van der Waals surface area contributed by atoms with E-state index in [2.05, 4.69) is 10.6 Å². The molecule has 0 bridgehead atoms. The van der Waals surface area contributed by atoms with Crippen LogP contribution in [0.15, 0.2) is 65.3 Å². The summed E-state index contributed by atoms with van der Waals surface area (Å²) in [5.41, 5.74) is -0.682. The molecule has 0 aliphatic rings. The smallest absolute Gasteiger partial charge is 0.418 e. The summed E-state index contributed by atoms with van der Waals surface area (Å²) in [6.45, 7) is 0. The summed E-state index contributed by atoms with van der Waals surface area (Å²) >= 11 is 0. The number of aryl methyl sites for hydroxylation is 1. The predicted molar refractivity (Wildman–Crippen MR) is 108 cm³/mol. The molecule has 3 rings (SSSR count). The summed E-state index contributed by atoms with van der Waals surface area (Å²) in [7, 11) is 1.54. The standard InChI is InChI=1S/C22H19F3N2O4/c1-30-16-8-4-14(5-9-16)6-11-20(28)27-18-10-7-15(13-17(18)22(23,24)25)26-21(29)19-3-2-12-31-19/h2-5,7-10,12-13H,6,11H2,1H3,(H,26,29)(H,27,28). The fraction of sp³-hybridized carbons (Fsp3) is 0.182. The van der Waals surface area contributed by atoms with Gasteiger partial charge in [-0.25, -0.2) is 0 Å². The summed E-state index contributed by atoms with van der Waals surface area (Å²) in [5.74, 6) is -0.616. The Hall–Kier alpha value is -3.75. The van der Waals surface area contributed by atoms with Gasteiger partial charge in [0.25, 0.3) is 5.91 Å². The molecule has 2 N–H and O–H groups in total. The first-order chi connectivity index (χ1) is 14.8. The van der Waals surface area contributed by atoms with Gasteiger partial charge in [-0.05, 0) is 54.4 Å². The van der Waals surface area contributed by atoms with Crippen LogP contribution < -0.4 is 15.4 Å². The molecule has 0 aliphatic carbocycles. The average molecular weight is 432 g/mol. The Balaban J connectivity index is 1.69. The van der Waals surface area contributed by atoms with E-state index < -0.39 is 23.6 Å². The van der Waals surface area contributed by atoms with Crippen molar-refractivity contribution in [1.82, 2.24) is 0 Å². The Kier molecular flexibility index (Phi) is 6.64. The van der Waals surface area contributed by atoms with Crippen LogP contribution in [0.4, 0.5) is 24.5 Å². The van der Waals surface area contributed by atoms with Crippen molar-refractivity contribution in [3.63, 3.8) is 0 Å². The predicted octanol–water partition coefficient (Wildman–Crippen LogP) is 5.13. The largest absolute Gasteiger partial charge is 0.497 e. The number of amides is 2. The minimum absolute atomic E-state index is 0.000602. The normalized spacial score (nSPS) is 11.1. The van der Waals surface area contributed by atoms with Crippen LogP contribution in [0.1, 0.15) is 28.1 Å². The number of ether oxygens (including phenoxy) is 1. The number of methoxy groups -OCH3 is 1. The molecule has 2 amide bonds. The van der Waals surface area contributed by atoms with Crippen LogP contribution in [0.25, 0.3) is 0 Å². The quantitative estimate of drug-likeness (QED) is 0.542. The number of benzene rings is 2. The summed E-state index contributed by atoms with van der Waals surface area (Å²) < 4.78 is 50.5. The zero-order valence-corrected chi connectivity index (χ0v) is 16.5. The highest BCUT2D eigenvalue weighted by Crippen LogP contribution is 2.36. The molecule has 162 valence electrons. The highest BCUT2D eigenvalue weighted by atomic mass is 19.4. The van der Waals surface area contributed by atoms with Crippen LogP contribution >= 0.6 is 0 Å². The number of anilines is 2. The van der Waals surface area contributed by atoms with Gasteiger partial charge in [0.15, 0.2) is 5.76 Å². The van der Waals surface area contributed by atoms with Crippen molar-refractivity contribution >= 4 is 23.2 Å². The van der Waals surface area contributed by atoms with Gasteiger partial charge in [-0.2, -0.15) is 13.2 Å². The van der Waals surface area contributed by atoms with Crippen LogP contribution in [0.5, 0.6) is 5.75 Å². The molecule has 1 aromatic heterocycles. The van der Waals surface area contributed by atoms with Gasteiger partial charge in [0.1, 0.15) is 5.75 Å². The monoisotopic (exact) mass is 432 g/mol. The third kappa shape index (κ3) is 5.88. The Morgan fingerprint density at radius 3 is 2.39 bits per heavy atom. The SMILES string of the molecule is COc1ccc(CCC(=O)Nc2ccc(NC(=O)c3ccco3)cc2C(F)(F)F)cc1. The molecule has 0 saturated carbocycles. The Bertz CT molecular complexity index is 1050. The average Bonchev–Trinajstić information content (AvgIpc) is 3.28. The zero-order chi connectivity index (χ0) is 22.4. The van der Waals surface area contributed by atoms with Crippen molar-refractivity contribution in [2.45, 2.75) is 19.0 Å². The minimum Gasteiger partial charge on any atom is -0.497 e. The molecule has 0 radical (unpaired) electrons. The van der Waals surface area contributed by atoms with Crippen LogP contribution in [-0.2, 0) is 17.4 Å². The number of rotatable bonds is 7. The van der Waals surface area contributed by atoms with Crippen LogP contribution in [0, 0.1) is 0 Å². The Morgan fingerprint density at radius 2 is 1.77 bits per heavy atom. The van der Waals surface area contributed by atoms with E-state index in [-0.39, 0.29) is 23.6 Å². The van der Waals surface area contributed by atoms with Crippen molar-refractivity contribution in [1.29, 1.82) is 0 Å². The molecule has 6 nitrogen and oxygen atoms in total. The van der Waals surface area contributed by atoms with Crippen molar-refractivity contribution < 1.29 is 31.9 Å². The number of carbonyl (C=O) groups excluding carboxylic acids is 2. The summed E-state index contributed by atoms with van der Waals surface area (Å²) in [4.78, 5) is 24.2. The number of hydrogen-bond acceptors (Lipinski definition) is 4. The van der Waals surface area contributed by atoms with Gasteiger partial charge in [0, 0.05) is 12.1 Å². The number of hydrogen-bond donors (Lipinski definition) is 2. The summed E-state index contributed by atoms with van der Waals surface area (Å²) in [5, 5.41) is 4.64. The fourth-order valence-electron chi connectivity index (χ4n) is 2.83. The molecular formula is C22H19F3N2O4. The lowest BCUT2D eigenvalue weighted by atomic mass is 10.1. The third-order valence-electron chi connectivity index (χ3n) is 4.40. The number of carbonyl (C=O) groups is 2. The van der Waals surface area contributed by atoms with E-state index in [4.69, 9.17) is 9.15 Å². The fourth-order valence-corrected chi connectivity index (χ4v) is 2.83. The first-order valence-electron chi connectivity index (χ1n) is 9.25. The Labute approximate surface area is 176 Å². The second kappa shape index (κ2) is 9.38. The van der Waals surface area contributed by atoms with Crippen molar-refractivity contribution in [2.75, 3.05) is 17.7 Å². The molecule has 0 fully saturated rings. The Morgan fingerprint density at radius 1 is 1.03 bits per heavy atom. The second-order valence-corrected chi connectivity index (χ2v) is 6.59. The van der Waals surface area contributed by atoms with E-state index in [9.17, 15) is 22.8 Å². The highest BCUT2D eigenvalue weighted by molar-refractivity contribution is 6.02. The van der Waals surface area contributed by atoms with E-state index >= 15 is 0 Å². The molecule has 1 heterocycles. The molecule has 0 atom stereocenters. The van der Waals surface area contributed by atoms with Crippen LogP contribution in [-0.4, -0.2) is 18.9 Å². The van der Waals surface area contributed by atoms with Gasteiger partial charge >= 0.3 is 6.18 Å². The van der Waals surface area contributed by atoms with Crippen LogP contribution in [0.2, 0.25) is 0 Å². The maximum Gasteiger partial charge on any atom is 0.418 e. The number of furan rings is 1. The molecule has 3 aromatic rings. The maximum atomic E-state index is 13.5. The maximum absolute atomic E-state index is 13.5. The highest BCUT2D eigenvalue weighted by Gasteiger charge is 2.34. The van der Waals surface area contributed by atoms with Gasteiger partial charge in [-0.15, -0.1) is 0 Å². The number of nitrogens with one attached hydrogen (secondary N) is 2. The molecule has 9 heteroatoms. The lowest BCUT2D eigenvalue weighted by molar-refractivity contribution is -0.136. The van der Waals surface area contributed by atoms with Gasteiger partial charge in [-0.3, -0.25) is 9.59 Å². The van der Waals surface area contributed by atoms with Gasteiger partial charge < -0.3 is 19.8 Å². The van der Waals surface area contributed by atoms with Gasteiger partial charge in [-0.1, -0.05) is 12.1 Å². The van der Waals surface area contributed by atoms with E-state index in [0.29, 0.717) is 12.2 Å². The molecule has 0 aliphatic heterocycles. The molecule has 0 saturated heterocycles. The zero-order valence-electron chi connectivity index (χ0n) is 16.5. The van der Waals surface area contributed by atoms with Crippen LogP contribution in [0.3, 0.4) is 0 Å². The van der Waals surface area contributed by atoms with E-state index in [0.717, 1.165) is 17.7 Å². The molecule has 0 unspecified atom stereocenters. The summed E-state index contributed by atoms with van der Waals surface area (Å²) in [6.07, 6.45) is -3.10. The van der Waals surface area contributed by atoms with Crippen molar-refractivity contribution in [3.05, 3.63) is 77.7 Å². The number of alkyl halides is 3.